The van der Waals surface area contributed by atoms with Gasteiger partial charge in [-0.1, -0.05) is 0 Å². The molecule has 1 aromatic carbocycles. The van der Waals surface area contributed by atoms with Crippen LogP contribution in [-0.2, 0) is 20.8 Å². The van der Waals surface area contributed by atoms with Crippen molar-refractivity contribution in [3.05, 3.63) is 29.6 Å². The summed E-state index contributed by atoms with van der Waals surface area (Å²) in [5.74, 6) is 0.559. The first-order valence-electron chi connectivity index (χ1n) is 8.74. The van der Waals surface area contributed by atoms with Crippen molar-refractivity contribution in [1.82, 2.24) is 14.9 Å². The number of imidazole rings is 1. The third-order valence-corrected chi connectivity index (χ3v) is 4.95. The van der Waals surface area contributed by atoms with Gasteiger partial charge in [-0.3, -0.25) is 0 Å². The molecule has 0 spiro atoms. The largest absolute Gasteiger partial charge is 0.465 e. The first kappa shape index (κ1) is 16.5. The Hall–Kier alpha value is -1.96. The van der Waals surface area contributed by atoms with E-state index in [1.165, 1.54) is 7.11 Å². The molecule has 7 nitrogen and oxygen atoms in total. The molecule has 0 aliphatic carbocycles. The van der Waals surface area contributed by atoms with Crippen LogP contribution in [0, 0.1) is 0 Å². The van der Waals surface area contributed by atoms with Gasteiger partial charge >= 0.3 is 5.97 Å². The van der Waals surface area contributed by atoms with Crippen LogP contribution in [0.4, 0.5) is 0 Å². The molecule has 2 aliphatic rings. The predicted octanol–water partition coefficient (Wildman–Crippen LogP) is 1.66. The zero-order chi connectivity index (χ0) is 17.2. The van der Waals surface area contributed by atoms with Crippen molar-refractivity contribution >= 4 is 17.0 Å². The van der Waals surface area contributed by atoms with Crippen LogP contribution in [0.2, 0.25) is 0 Å². The van der Waals surface area contributed by atoms with E-state index in [0.29, 0.717) is 24.8 Å². The van der Waals surface area contributed by atoms with E-state index in [9.17, 15) is 4.79 Å². The minimum atomic E-state index is -0.346. The molecule has 0 radical (unpaired) electrons. The smallest absolute Gasteiger partial charge is 0.337 e. The maximum atomic E-state index is 11.7. The van der Waals surface area contributed by atoms with E-state index < -0.39 is 0 Å². The van der Waals surface area contributed by atoms with Crippen molar-refractivity contribution in [2.24, 2.45) is 0 Å². The van der Waals surface area contributed by atoms with Crippen LogP contribution >= 0.6 is 0 Å². The Morgan fingerprint density at radius 2 is 2.20 bits per heavy atom. The Kier molecular flexibility index (Phi) is 4.70. The lowest BCUT2D eigenvalue weighted by molar-refractivity contribution is 0.0491. The fraction of sp³-hybridized carbons (Fsp3) is 0.556. The van der Waals surface area contributed by atoms with Gasteiger partial charge in [-0.25, -0.2) is 9.78 Å². The number of ether oxygens (including phenoxy) is 3. The number of carbonyl (C=O) groups is 1. The normalized spacial score (nSPS) is 21.2. The number of methoxy groups -OCH3 is 1. The second kappa shape index (κ2) is 7.11. The third kappa shape index (κ3) is 3.27. The molecular weight excluding hydrogens is 322 g/mol. The molecule has 1 saturated heterocycles. The van der Waals surface area contributed by atoms with Crippen molar-refractivity contribution in [3.8, 4) is 0 Å². The summed E-state index contributed by atoms with van der Waals surface area (Å²) in [5, 5.41) is 3.64. The molecule has 7 heteroatoms. The molecule has 4 rings (SSSR count). The first-order chi connectivity index (χ1) is 12.3. The van der Waals surface area contributed by atoms with Gasteiger partial charge in [0, 0.05) is 25.8 Å². The zero-order valence-corrected chi connectivity index (χ0v) is 14.4. The Labute approximate surface area is 146 Å². The number of hydrogen-bond acceptors (Lipinski definition) is 6. The minimum Gasteiger partial charge on any atom is -0.465 e. The highest BCUT2D eigenvalue weighted by Gasteiger charge is 2.25. The maximum absolute atomic E-state index is 11.7. The molecule has 1 N–H and O–H groups in total. The van der Waals surface area contributed by atoms with E-state index in [0.717, 1.165) is 49.5 Å². The highest BCUT2D eigenvalue weighted by molar-refractivity contribution is 5.93. The molecule has 3 heterocycles. The molecule has 2 aromatic rings. The van der Waals surface area contributed by atoms with E-state index >= 15 is 0 Å². The van der Waals surface area contributed by atoms with E-state index in [1.54, 1.807) is 12.1 Å². The monoisotopic (exact) mass is 345 g/mol. The number of nitrogens with one attached hydrogen (secondary N) is 1. The van der Waals surface area contributed by atoms with Crippen molar-refractivity contribution in [2.75, 3.05) is 33.5 Å². The van der Waals surface area contributed by atoms with Crippen LogP contribution in [0.1, 0.15) is 35.1 Å². The number of carbonyl (C=O) groups excluding carboxylic acids is 1. The molecule has 1 atom stereocenters. The number of hydrogen-bond donors (Lipinski definition) is 1. The van der Waals surface area contributed by atoms with Crippen LogP contribution < -0.4 is 5.32 Å². The molecular formula is C18H23N3O4. The van der Waals surface area contributed by atoms with Crippen molar-refractivity contribution in [1.29, 1.82) is 0 Å². The van der Waals surface area contributed by atoms with Crippen LogP contribution in [0.15, 0.2) is 18.2 Å². The number of rotatable bonds is 4. The van der Waals surface area contributed by atoms with Crippen LogP contribution in [0.5, 0.6) is 0 Å². The van der Waals surface area contributed by atoms with Gasteiger partial charge in [0.1, 0.15) is 12.4 Å². The van der Waals surface area contributed by atoms with Gasteiger partial charge in [-0.15, -0.1) is 0 Å². The third-order valence-electron chi connectivity index (χ3n) is 4.95. The molecule has 0 unspecified atom stereocenters. The van der Waals surface area contributed by atoms with Gasteiger partial charge in [0.25, 0.3) is 0 Å². The highest BCUT2D eigenvalue weighted by Crippen LogP contribution is 2.27. The number of benzene rings is 1. The van der Waals surface area contributed by atoms with Gasteiger partial charge in [0.15, 0.2) is 0 Å². The molecule has 1 aromatic heterocycles. The summed E-state index contributed by atoms with van der Waals surface area (Å²) in [5.41, 5.74) is 2.35. The molecule has 1 fully saturated rings. The average Bonchev–Trinajstić information content (AvgIpc) is 3.04. The molecule has 134 valence electrons. The second-order valence-corrected chi connectivity index (χ2v) is 6.56. The van der Waals surface area contributed by atoms with Gasteiger partial charge in [-0.2, -0.15) is 0 Å². The summed E-state index contributed by atoms with van der Waals surface area (Å²) >= 11 is 0. The Bertz CT molecular complexity index is 767. The quantitative estimate of drug-likeness (QED) is 0.850. The van der Waals surface area contributed by atoms with Crippen molar-refractivity contribution in [2.45, 2.75) is 31.5 Å². The van der Waals surface area contributed by atoms with Crippen molar-refractivity contribution in [3.63, 3.8) is 0 Å². The molecule has 2 aliphatic heterocycles. The SMILES string of the molecule is COC(=O)c1ccc2c(c1)nc1n2[C@@H](CNC2CCOCC2)COC1. The summed E-state index contributed by atoms with van der Waals surface area (Å²) in [6, 6.07) is 6.22. The lowest BCUT2D eigenvalue weighted by Gasteiger charge is -2.30. The Balaban J connectivity index is 1.58. The lowest BCUT2D eigenvalue weighted by atomic mass is 10.1. The Morgan fingerprint density at radius 3 is 3.00 bits per heavy atom. The average molecular weight is 345 g/mol. The summed E-state index contributed by atoms with van der Waals surface area (Å²) < 4.78 is 18.2. The van der Waals surface area contributed by atoms with Crippen LogP contribution in [0.25, 0.3) is 11.0 Å². The lowest BCUT2D eigenvalue weighted by Crippen LogP contribution is -2.40. The minimum absolute atomic E-state index is 0.195. The summed E-state index contributed by atoms with van der Waals surface area (Å²) in [6.07, 6.45) is 2.10. The number of esters is 1. The standard InChI is InChI=1S/C18H23N3O4/c1-23-18(22)12-2-3-16-15(8-12)20-17-11-25-10-14(21(16)17)9-19-13-4-6-24-7-5-13/h2-3,8,13-14,19H,4-7,9-11H2,1H3/t14-/m0/s1. The topological polar surface area (TPSA) is 74.6 Å². The molecule has 0 bridgehead atoms. The molecule has 0 saturated carbocycles. The predicted molar refractivity (Wildman–Crippen MR) is 91.6 cm³/mol. The maximum Gasteiger partial charge on any atom is 0.337 e. The molecule has 25 heavy (non-hydrogen) atoms. The van der Waals surface area contributed by atoms with Gasteiger partial charge in [0.2, 0.25) is 0 Å². The number of fused-ring (bicyclic) bond motifs is 3. The van der Waals surface area contributed by atoms with E-state index in [4.69, 9.17) is 14.2 Å². The summed E-state index contributed by atoms with van der Waals surface area (Å²) in [4.78, 5) is 16.4. The first-order valence-corrected chi connectivity index (χ1v) is 8.74. The Morgan fingerprint density at radius 1 is 1.36 bits per heavy atom. The van der Waals surface area contributed by atoms with Gasteiger partial charge in [0.05, 0.1) is 36.4 Å². The highest BCUT2D eigenvalue weighted by atomic mass is 16.5. The van der Waals surface area contributed by atoms with E-state index in [2.05, 4.69) is 14.9 Å². The summed E-state index contributed by atoms with van der Waals surface area (Å²) in [6.45, 7) is 3.65. The fourth-order valence-corrected chi connectivity index (χ4v) is 3.62. The number of aromatic nitrogens is 2. The fourth-order valence-electron chi connectivity index (χ4n) is 3.62. The van der Waals surface area contributed by atoms with E-state index in [-0.39, 0.29) is 12.0 Å². The van der Waals surface area contributed by atoms with E-state index in [1.807, 2.05) is 6.07 Å². The van der Waals surface area contributed by atoms with Gasteiger partial charge in [-0.05, 0) is 31.0 Å². The van der Waals surface area contributed by atoms with Crippen LogP contribution in [-0.4, -0.2) is 55.0 Å². The summed E-state index contributed by atoms with van der Waals surface area (Å²) in [7, 11) is 1.39. The van der Waals surface area contributed by atoms with Crippen molar-refractivity contribution < 1.29 is 19.0 Å². The van der Waals surface area contributed by atoms with Crippen LogP contribution in [0.3, 0.4) is 0 Å². The zero-order valence-electron chi connectivity index (χ0n) is 14.4. The molecule has 0 amide bonds. The number of nitrogens with zero attached hydrogens (tertiary/aromatic N) is 2. The second-order valence-electron chi connectivity index (χ2n) is 6.56. The van der Waals surface area contributed by atoms with Gasteiger partial charge < -0.3 is 24.1 Å².